The first-order chi connectivity index (χ1) is 18.8. The number of ether oxygens (including phenoxy) is 1. The molecule has 2 aromatic heterocycles. The van der Waals surface area contributed by atoms with Gasteiger partial charge in [-0.15, -0.1) is 0 Å². The number of hydrogen-bond donors (Lipinski definition) is 4. The lowest BCUT2D eigenvalue weighted by molar-refractivity contribution is 0.124. The number of aromatic nitrogens is 4. The van der Waals surface area contributed by atoms with Crippen LogP contribution in [0.3, 0.4) is 0 Å². The maximum Gasteiger partial charge on any atom is 0.410 e. The highest BCUT2D eigenvalue weighted by Crippen LogP contribution is 2.36. The summed E-state index contributed by atoms with van der Waals surface area (Å²) in [7, 11) is 1.69. The van der Waals surface area contributed by atoms with Gasteiger partial charge in [0.1, 0.15) is 17.4 Å². The molecule has 2 saturated carbocycles. The highest BCUT2D eigenvalue weighted by molar-refractivity contribution is 6.03. The van der Waals surface area contributed by atoms with E-state index >= 15 is 0 Å². The first kappa shape index (κ1) is 27.1. The number of carbonyl (C=O) groups is 1. The molecule has 0 aliphatic heterocycles. The Balaban J connectivity index is 1.65. The highest BCUT2D eigenvalue weighted by Gasteiger charge is 2.30. The largest absolute Gasteiger partial charge is 0.465 e. The number of hydrogen-bond acceptors (Lipinski definition) is 7. The lowest BCUT2D eigenvalue weighted by Gasteiger charge is -2.32. The summed E-state index contributed by atoms with van der Waals surface area (Å²) in [5, 5.41) is 23.2. The SMILES string of the molecule is COC(c1ccccc1)c1nc2nc(C(=N)NC(=O)O)nc(N[C@H](C)C3CCC3)c2n1C[C@H]1CC[C@H](C)CC1. The second kappa shape index (κ2) is 11.7. The van der Waals surface area contributed by atoms with Crippen molar-refractivity contribution in [1.29, 1.82) is 5.41 Å². The molecule has 2 aliphatic rings. The maximum absolute atomic E-state index is 11.3. The Bertz CT molecular complexity index is 1310. The zero-order valence-electron chi connectivity index (χ0n) is 23.0. The molecule has 0 saturated heterocycles. The summed E-state index contributed by atoms with van der Waals surface area (Å²) in [6.07, 6.45) is 6.52. The zero-order valence-corrected chi connectivity index (χ0v) is 23.0. The number of benzene rings is 1. The molecule has 1 amide bonds. The standard InChI is InChI=1S/C29H39N7O3/c1-17-12-14-19(15-13-17)16-36-22-25(31-18(2)20-10-7-11-20)33-27(24(30)32-29(37)38)34-26(22)35-28(36)23(39-3)21-8-5-4-6-9-21/h4-6,8-9,17-20,23H,7,10-16H2,1-3H3,(H2,30,32)(H,37,38)(H,31,33,34)/t17-,18-,19-,23?/m1/s1. The van der Waals surface area contributed by atoms with Crippen LogP contribution < -0.4 is 10.6 Å². The Labute approximate surface area is 229 Å². The van der Waals surface area contributed by atoms with Crippen LogP contribution in [0.4, 0.5) is 10.6 Å². The van der Waals surface area contributed by atoms with Gasteiger partial charge >= 0.3 is 6.09 Å². The molecule has 208 valence electrons. The third-order valence-corrected chi connectivity index (χ3v) is 8.46. The Hall–Kier alpha value is -3.53. The first-order valence-electron chi connectivity index (χ1n) is 14.0. The molecular formula is C29H39N7O3. The molecule has 0 radical (unpaired) electrons. The Kier molecular flexibility index (Phi) is 8.11. The number of anilines is 1. The second-order valence-electron chi connectivity index (χ2n) is 11.2. The molecule has 10 nitrogen and oxygen atoms in total. The normalized spacial score (nSPS) is 21.2. The number of methoxy groups -OCH3 is 1. The van der Waals surface area contributed by atoms with E-state index in [4.69, 9.17) is 20.1 Å². The quantitative estimate of drug-likeness (QED) is 0.208. The molecule has 10 heteroatoms. The first-order valence-corrected chi connectivity index (χ1v) is 14.0. The van der Waals surface area contributed by atoms with Gasteiger partial charge in [-0.25, -0.2) is 19.7 Å². The summed E-state index contributed by atoms with van der Waals surface area (Å²) in [6.45, 7) is 5.25. The molecule has 39 heavy (non-hydrogen) atoms. The Morgan fingerprint density at radius 1 is 1.13 bits per heavy atom. The van der Waals surface area contributed by atoms with Crippen LogP contribution in [0.25, 0.3) is 11.2 Å². The number of rotatable bonds is 9. The molecule has 5 rings (SSSR count). The number of amidine groups is 1. The minimum absolute atomic E-state index is 0.00965. The maximum atomic E-state index is 11.3. The number of fused-ring (bicyclic) bond motifs is 1. The fourth-order valence-corrected chi connectivity index (χ4v) is 5.87. The molecule has 0 bridgehead atoms. The van der Waals surface area contributed by atoms with Crippen molar-refractivity contribution in [3.05, 3.63) is 47.5 Å². The third-order valence-electron chi connectivity index (χ3n) is 8.46. The van der Waals surface area contributed by atoms with Crippen molar-refractivity contribution in [1.82, 2.24) is 24.8 Å². The van der Waals surface area contributed by atoms with Gasteiger partial charge < -0.3 is 19.7 Å². The van der Waals surface area contributed by atoms with Crippen LogP contribution in [0.1, 0.15) is 82.1 Å². The van der Waals surface area contributed by atoms with Crippen molar-refractivity contribution in [2.24, 2.45) is 17.8 Å². The number of nitrogens with one attached hydrogen (secondary N) is 3. The molecule has 2 heterocycles. The van der Waals surface area contributed by atoms with Crippen LogP contribution in [-0.4, -0.2) is 49.7 Å². The van der Waals surface area contributed by atoms with E-state index in [1.165, 1.54) is 19.3 Å². The van der Waals surface area contributed by atoms with E-state index in [2.05, 4.69) is 34.0 Å². The van der Waals surface area contributed by atoms with Crippen molar-refractivity contribution >= 4 is 28.9 Å². The second-order valence-corrected chi connectivity index (χ2v) is 11.2. The van der Waals surface area contributed by atoms with Crippen molar-refractivity contribution < 1.29 is 14.6 Å². The molecule has 1 aromatic carbocycles. The molecule has 1 unspecified atom stereocenters. The molecule has 2 aliphatic carbocycles. The van der Waals surface area contributed by atoms with Crippen molar-refractivity contribution in [2.75, 3.05) is 12.4 Å². The average Bonchev–Trinajstić information content (AvgIpc) is 3.23. The van der Waals surface area contributed by atoms with Gasteiger partial charge in [0.25, 0.3) is 0 Å². The molecule has 2 fully saturated rings. The van der Waals surface area contributed by atoms with Gasteiger partial charge in [-0.3, -0.25) is 10.7 Å². The minimum Gasteiger partial charge on any atom is -0.465 e. The Morgan fingerprint density at radius 2 is 1.85 bits per heavy atom. The van der Waals surface area contributed by atoms with E-state index in [1.807, 2.05) is 30.3 Å². The van der Waals surface area contributed by atoms with Crippen LogP contribution >= 0.6 is 0 Å². The fourth-order valence-electron chi connectivity index (χ4n) is 5.87. The van der Waals surface area contributed by atoms with Gasteiger partial charge in [-0.1, -0.05) is 56.5 Å². The number of nitrogens with zero attached hydrogens (tertiary/aromatic N) is 4. The number of carboxylic acid groups (broad SMARTS) is 1. The molecule has 0 spiro atoms. The van der Waals surface area contributed by atoms with Crippen LogP contribution in [-0.2, 0) is 11.3 Å². The smallest absolute Gasteiger partial charge is 0.410 e. The molecule has 4 N–H and O–H groups in total. The summed E-state index contributed by atoms with van der Waals surface area (Å²) < 4.78 is 8.24. The van der Waals surface area contributed by atoms with Crippen molar-refractivity contribution in [3.8, 4) is 0 Å². The molecule has 3 aromatic rings. The van der Waals surface area contributed by atoms with Crippen LogP contribution in [0, 0.1) is 23.2 Å². The van der Waals surface area contributed by atoms with E-state index < -0.39 is 12.2 Å². The van der Waals surface area contributed by atoms with Crippen LogP contribution in [0.5, 0.6) is 0 Å². The summed E-state index contributed by atoms with van der Waals surface area (Å²) >= 11 is 0. The van der Waals surface area contributed by atoms with Crippen molar-refractivity contribution in [3.63, 3.8) is 0 Å². The summed E-state index contributed by atoms with van der Waals surface area (Å²) in [6, 6.07) is 10.2. The lowest BCUT2D eigenvalue weighted by atomic mass is 9.80. The van der Waals surface area contributed by atoms with E-state index in [-0.39, 0.29) is 17.7 Å². The van der Waals surface area contributed by atoms with E-state index in [0.29, 0.717) is 23.3 Å². The van der Waals surface area contributed by atoms with E-state index in [0.717, 1.165) is 55.1 Å². The predicted octanol–water partition coefficient (Wildman–Crippen LogP) is 5.58. The van der Waals surface area contributed by atoms with Crippen molar-refractivity contribution in [2.45, 2.75) is 77.5 Å². The highest BCUT2D eigenvalue weighted by atomic mass is 16.5. The zero-order chi connectivity index (χ0) is 27.5. The summed E-state index contributed by atoms with van der Waals surface area (Å²) in [4.78, 5) is 25.5. The predicted molar refractivity (Wildman–Crippen MR) is 150 cm³/mol. The monoisotopic (exact) mass is 533 g/mol. The Morgan fingerprint density at radius 3 is 2.46 bits per heavy atom. The van der Waals surface area contributed by atoms with Gasteiger partial charge in [0.05, 0.1) is 0 Å². The number of amides is 1. The third kappa shape index (κ3) is 5.90. The van der Waals surface area contributed by atoms with Gasteiger partial charge in [0, 0.05) is 19.7 Å². The van der Waals surface area contributed by atoms with Crippen LogP contribution in [0.2, 0.25) is 0 Å². The van der Waals surface area contributed by atoms with Gasteiger partial charge in [0.2, 0.25) is 0 Å². The lowest BCUT2D eigenvalue weighted by Crippen LogP contribution is -2.33. The summed E-state index contributed by atoms with van der Waals surface area (Å²) in [5.41, 5.74) is 2.19. The molecule has 2 atom stereocenters. The summed E-state index contributed by atoms with van der Waals surface area (Å²) in [5.74, 6) is 2.71. The van der Waals surface area contributed by atoms with Gasteiger partial charge in [0.15, 0.2) is 23.1 Å². The van der Waals surface area contributed by atoms with E-state index in [9.17, 15) is 9.90 Å². The number of imidazole rings is 1. The average molecular weight is 534 g/mol. The van der Waals surface area contributed by atoms with Crippen LogP contribution in [0.15, 0.2) is 30.3 Å². The molecular weight excluding hydrogens is 494 g/mol. The van der Waals surface area contributed by atoms with Gasteiger partial charge in [-0.05, 0) is 55.9 Å². The topological polar surface area (TPSA) is 138 Å². The minimum atomic E-state index is -1.33. The fraction of sp³-hybridized carbons (Fsp3) is 0.552. The van der Waals surface area contributed by atoms with Gasteiger partial charge in [-0.2, -0.15) is 0 Å². The van der Waals surface area contributed by atoms with E-state index in [1.54, 1.807) is 7.11 Å².